The number of methoxy groups -OCH3 is 1. The van der Waals surface area contributed by atoms with Gasteiger partial charge in [-0.2, -0.15) is 0 Å². The van der Waals surface area contributed by atoms with Gasteiger partial charge in [0.2, 0.25) is 11.8 Å². The van der Waals surface area contributed by atoms with Crippen molar-refractivity contribution in [1.29, 1.82) is 0 Å². The van der Waals surface area contributed by atoms with Gasteiger partial charge >= 0.3 is 0 Å². The number of nitrogens with zero attached hydrogens (tertiary/aromatic N) is 2. The molecular weight excluding hydrogens is 384 g/mol. The number of likely N-dealkylation sites (tertiary alicyclic amines) is 1. The lowest BCUT2D eigenvalue weighted by Gasteiger charge is -2.36. The molecule has 0 saturated carbocycles. The molecule has 2 aliphatic rings. The third-order valence-electron chi connectivity index (χ3n) is 5.80. The highest BCUT2D eigenvalue weighted by Crippen LogP contribution is 2.30. The zero-order valence-electron chi connectivity index (χ0n) is 18.1. The molecule has 0 bridgehead atoms. The van der Waals surface area contributed by atoms with E-state index >= 15 is 0 Å². The molecule has 6 heteroatoms. The SMILES string of the molecule is COc1ccccc1CC1CCN(C(=O)C2CSCN2C(=O)CC(C)(C)C)CC1. The fourth-order valence-corrected chi connectivity index (χ4v) is 5.37. The molecular formula is C23H34N2O3S. The topological polar surface area (TPSA) is 49.9 Å². The van der Waals surface area contributed by atoms with Crippen molar-refractivity contribution in [2.75, 3.05) is 31.8 Å². The zero-order chi connectivity index (χ0) is 21.0. The van der Waals surface area contributed by atoms with E-state index in [2.05, 4.69) is 32.9 Å². The number of thioether (sulfide) groups is 1. The normalized spacial score (nSPS) is 20.8. The van der Waals surface area contributed by atoms with Crippen LogP contribution in [0.15, 0.2) is 24.3 Å². The van der Waals surface area contributed by atoms with Gasteiger partial charge in [0.25, 0.3) is 0 Å². The summed E-state index contributed by atoms with van der Waals surface area (Å²) >= 11 is 1.69. The maximum Gasteiger partial charge on any atom is 0.246 e. The van der Waals surface area contributed by atoms with Crippen molar-refractivity contribution >= 4 is 23.6 Å². The van der Waals surface area contributed by atoms with E-state index in [1.165, 1.54) is 5.56 Å². The Bertz CT molecular complexity index is 723. The molecule has 2 fully saturated rings. The van der Waals surface area contributed by atoms with Crippen LogP contribution < -0.4 is 4.74 Å². The lowest BCUT2D eigenvalue weighted by molar-refractivity contribution is -0.145. The molecule has 1 atom stereocenters. The molecule has 29 heavy (non-hydrogen) atoms. The summed E-state index contributed by atoms with van der Waals surface area (Å²) < 4.78 is 5.48. The van der Waals surface area contributed by atoms with Crippen LogP contribution in [0.25, 0.3) is 0 Å². The van der Waals surface area contributed by atoms with Gasteiger partial charge in [0.05, 0.1) is 13.0 Å². The minimum atomic E-state index is -0.291. The van der Waals surface area contributed by atoms with Gasteiger partial charge in [0, 0.05) is 25.3 Å². The average molecular weight is 419 g/mol. The van der Waals surface area contributed by atoms with Crippen LogP contribution in [-0.2, 0) is 16.0 Å². The monoisotopic (exact) mass is 418 g/mol. The van der Waals surface area contributed by atoms with Crippen molar-refractivity contribution in [2.24, 2.45) is 11.3 Å². The molecule has 2 saturated heterocycles. The Morgan fingerprint density at radius 2 is 1.86 bits per heavy atom. The number of carbonyl (C=O) groups is 2. The molecule has 2 aliphatic heterocycles. The smallest absolute Gasteiger partial charge is 0.246 e. The number of para-hydroxylation sites is 1. The third kappa shape index (κ3) is 5.68. The zero-order valence-corrected chi connectivity index (χ0v) is 19.0. The third-order valence-corrected chi connectivity index (χ3v) is 6.81. The number of rotatable bonds is 5. The van der Waals surface area contributed by atoms with Gasteiger partial charge in [-0.15, -0.1) is 11.8 Å². The molecule has 2 amide bonds. The van der Waals surface area contributed by atoms with Crippen molar-refractivity contribution in [3.05, 3.63) is 29.8 Å². The van der Waals surface area contributed by atoms with E-state index in [0.717, 1.165) is 43.9 Å². The van der Waals surface area contributed by atoms with Gasteiger partial charge in [0.1, 0.15) is 11.8 Å². The van der Waals surface area contributed by atoms with Crippen LogP contribution in [0.3, 0.4) is 0 Å². The van der Waals surface area contributed by atoms with E-state index in [9.17, 15) is 9.59 Å². The maximum absolute atomic E-state index is 13.1. The average Bonchev–Trinajstić information content (AvgIpc) is 3.17. The Morgan fingerprint density at radius 3 is 2.52 bits per heavy atom. The van der Waals surface area contributed by atoms with Crippen molar-refractivity contribution in [3.63, 3.8) is 0 Å². The molecule has 2 heterocycles. The number of ether oxygens (including phenoxy) is 1. The van der Waals surface area contributed by atoms with E-state index in [1.807, 2.05) is 17.0 Å². The first-order valence-electron chi connectivity index (χ1n) is 10.6. The fourth-order valence-electron chi connectivity index (χ4n) is 4.20. The van der Waals surface area contributed by atoms with Crippen LogP contribution >= 0.6 is 11.8 Å². The Kier molecular flexibility index (Phi) is 7.14. The second kappa shape index (κ2) is 9.41. The number of hydrogen-bond acceptors (Lipinski definition) is 4. The molecule has 0 aromatic heterocycles. The number of carbonyl (C=O) groups excluding carboxylic acids is 2. The fraction of sp³-hybridized carbons (Fsp3) is 0.652. The Morgan fingerprint density at radius 1 is 1.17 bits per heavy atom. The highest BCUT2D eigenvalue weighted by Gasteiger charge is 2.38. The molecule has 0 aliphatic carbocycles. The predicted octanol–water partition coefficient (Wildman–Crippen LogP) is 3.81. The van der Waals surface area contributed by atoms with Gasteiger partial charge in [-0.1, -0.05) is 39.0 Å². The number of piperidine rings is 1. The first-order valence-corrected chi connectivity index (χ1v) is 11.7. The second-order valence-electron chi connectivity index (χ2n) is 9.40. The van der Waals surface area contributed by atoms with Crippen LogP contribution in [-0.4, -0.2) is 59.5 Å². The van der Waals surface area contributed by atoms with E-state index in [1.54, 1.807) is 23.8 Å². The minimum Gasteiger partial charge on any atom is -0.496 e. The molecule has 1 aromatic carbocycles. The van der Waals surface area contributed by atoms with Crippen LogP contribution in [0.1, 0.15) is 45.6 Å². The Labute approximate surface area is 179 Å². The maximum atomic E-state index is 13.1. The minimum absolute atomic E-state index is 0.0607. The molecule has 1 aromatic rings. The van der Waals surface area contributed by atoms with Crippen molar-refractivity contribution in [1.82, 2.24) is 9.80 Å². The summed E-state index contributed by atoms with van der Waals surface area (Å²) in [7, 11) is 1.71. The number of benzene rings is 1. The van der Waals surface area contributed by atoms with Crippen molar-refractivity contribution in [3.8, 4) is 5.75 Å². The highest BCUT2D eigenvalue weighted by molar-refractivity contribution is 7.99. The lowest BCUT2D eigenvalue weighted by atomic mass is 9.89. The van der Waals surface area contributed by atoms with Gasteiger partial charge in [-0.05, 0) is 42.2 Å². The van der Waals surface area contributed by atoms with Crippen LogP contribution in [0, 0.1) is 11.3 Å². The summed E-state index contributed by atoms with van der Waals surface area (Å²) in [5, 5.41) is 0. The van der Waals surface area contributed by atoms with E-state index in [-0.39, 0.29) is 23.3 Å². The van der Waals surface area contributed by atoms with Crippen LogP contribution in [0.4, 0.5) is 0 Å². The highest BCUT2D eigenvalue weighted by atomic mass is 32.2. The van der Waals surface area contributed by atoms with Crippen molar-refractivity contribution < 1.29 is 14.3 Å². The van der Waals surface area contributed by atoms with Gasteiger partial charge in [0.15, 0.2) is 0 Å². The largest absolute Gasteiger partial charge is 0.496 e. The summed E-state index contributed by atoms with van der Waals surface area (Å²) in [4.78, 5) is 29.6. The quantitative estimate of drug-likeness (QED) is 0.730. The molecule has 0 radical (unpaired) electrons. The van der Waals surface area contributed by atoms with Gasteiger partial charge in [-0.25, -0.2) is 0 Å². The van der Waals surface area contributed by atoms with E-state index in [4.69, 9.17) is 4.74 Å². The summed E-state index contributed by atoms with van der Waals surface area (Å²) in [6.07, 6.45) is 3.47. The molecule has 5 nitrogen and oxygen atoms in total. The molecule has 160 valence electrons. The lowest BCUT2D eigenvalue weighted by Crippen LogP contribution is -2.51. The van der Waals surface area contributed by atoms with Crippen LogP contribution in [0.5, 0.6) is 5.75 Å². The summed E-state index contributed by atoms with van der Waals surface area (Å²) in [6.45, 7) is 7.76. The number of amides is 2. The van der Waals surface area contributed by atoms with Crippen LogP contribution in [0.2, 0.25) is 0 Å². The second-order valence-corrected chi connectivity index (χ2v) is 10.4. The number of hydrogen-bond donors (Lipinski definition) is 0. The van der Waals surface area contributed by atoms with Crippen molar-refractivity contribution in [2.45, 2.75) is 52.5 Å². The first-order chi connectivity index (χ1) is 13.8. The summed E-state index contributed by atoms with van der Waals surface area (Å²) in [5.41, 5.74) is 1.18. The van der Waals surface area contributed by atoms with E-state index in [0.29, 0.717) is 18.2 Å². The molecule has 0 spiro atoms. The summed E-state index contributed by atoms with van der Waals surface area (Å²) in [5.74, 6) is 3.10. The Hall–Kier alpha value is -1.69. The molecule has 1 unspecified atom stereocenters. The van der Waals surface area contributed by atoms with E-state index < -0.39 is 0 Å². The predicted molar refractivity (Wildman–Crippen MR) is 118 cm³/mol. The standard InChI is InChI=1S/C23H34N2O3S/c1-23(2,3)14-21(26)25-16-29-15-19(25)22(27)24-11-9-17(10-12-24)13-18-7-5-6-8-20(18)28-4/h5-8,17,19H,9-16H2,1-4H3. The Balaban J connectivity index is 1.55. The van der Waals surface area contributed by atoms with Gasteiger partial charge < -0.3 is 14.5 Å². The molecule has 0 N–H and O–H groups in total. The summed E-state index contributed by atoms with van der Waals surface area (Å²) in [6, 6.07) is 7.90. The van der Waals surface area contributed by atoms with Gasteiger partial charge in [-0.3, -0.25) is 9.59 Å². The molecule has 3 rings (SSSR count). The first kappa shape index (κ1) is 22.0.